The summed E-state index contributed by atoms with van der Waals surface area (Å²) in [6, 6.07) is 6.43. The van der Waals surface area contributed by atoms with Crippen molar-refractivity contribution in [2.75, 3.05) is 20.7 Å². The Hall–Kier alpha value is -1.84. The number of likely N-dealkylation sites (N-methyl/N-ethyl adjacent to an activating group) is 1. The molecule has 1 rings (SSSR count). The van der Waals surface area contributed by atoms with Gasteiger partial charge in [0.1, 0.15) is 5.75 Å². The molecule has 0 atom stereocenters. The number of amides is 1. The van der Waals surface area contributed by atoms with E-state index in [9.17, 15) is 9.59 Å². The van der Waals surface area contributed by atoms with Gasteiger partial charge >= 0.3 is 0 Å². The van der Waals surface area contributed by atoms with Gasteiger partial charge in [0.25, 0.3) is 5.91 Å². The van der Waals surface area contributed by atoms with E-state index in [-0.39, 0.29) is 12.5 Å². The number of carbonyl (C=O) groups excluding carboxylic acids is 2. The smallest absolute Gasteiger partial charge is 0.259 e. The minimum absolute atomic E-state index is 0.00283. The summed E-state index contributed by atoms with van der Waals surface area (Å²) in [4.78, 5) is 22.9. The van der Waals surface area contributed by atoms with Crippen molar-refractivity contribution in [3.63, 3.8) is 0 Å². The van der Waals surface area contributed by atoms with Crippen molar-refractivity contribution in [1.29, 1.82) is 0 Å². The van der Waals surface area contributed by atoms with Gasteiger partial charge in [-0.05, 0) is 24.3 Å². The third-order valence-corrected chi connectivity index (χ3v) is 1.83. The van der Waals surface area contributed by atoms with Crippen LogP contribution in [0.1, 0.15) is 5.56 Å². The molecule has 15 heavy (non-hydrogen) atoms. The molecule has 0 spiro atoms. The molecule has 0 saturated carbocycles. The zero-order valence-corrected chi connectivity index (χ0v) is 8.69. The Morgan fingerprint density at radius 3 is 2.40 bits per heavy atom. The quantitative estimate of drug-likeness (QED) is 0.725. The Balaban J connectivity index is 2.51. The third kappa shape index (κ3) is 3.42. The average molecular weight is 206 g/mol. The van der Waals surface area contributed by atoms with Crippen molar-refractivity contribution in [1.82, 2.24) is 4.90 Å². The van der Waals surface area contributed by atoms with Crippen LogP contribution < -0.4 is 4.74 Å². The first-order valence-electron chi connectivity index (χ1n) is 4.44. The van der Waals surface area contributed by atoms with Crippen LogP contribution in [-0.4, -0.2) is 37.8 Å². The fraction of sp³-hybridized carbons (Fsp3) is 0.273. The van der Waals surface area contributed by atoms with Gasteiger partial charge in [-0.3, -0.25) is 9.59 Å². The second kappa shape index (κ2) is 5.14. The van der Waals surface area contributed by atoms with Gasteiger partial charge in [0, 0.05) is 19.7 Å². The van der Waals surface area contributed by atoms with Gasteiger partial charge in [-0.15, -0.1) is 0 Å². The van der Waals surface area contributed by atoms with Crippen molar-refractivity contribution >= 4 is 12.2 Å². The highest BCUT2D eigenvalue weighted by molar-refractivity contribution is 5.77. The molecule has 0 bridgehead atoms. The van der Waals surface area contributed by atoms with Gasteiger partial charge in [-0.25, -0.2) is 0 Å². The van der Waals surface area contributed by atoms with Gasteiger partial charge in [0.05, 0.1) is 0 Å². The third-order valence-electron chi connectivity index (χ3n) is 1.83. The Kier molecular flexibility index (Phi) is 3.85. The number of hydrogen-bond donors (Lipinski definition) is 0. The van der Waals surface area contributed by atoms with Gasteiger partial charge in [0.2, 0.25) is 6.29 Å². The molecule has 79 valence electrons. The topological polar surface area (TPSA) is 46.6 Å². The Morgan fingerprint density at radius 2 is 1.93 bits per heavy atom. The monoisotopic (exact) mass is 206 g/mol. The minimum atomic E-state index is -0.110. The number of rotatable bonds is 4. The summed E-state index contributed by atoms with van der Waals surface area (Å²) in [5.74, 6) is 0.449. The van der Waals surface area contributed by atoms with Crippen LogP contribution >= 0.6 is 0 Å². The van der Waals surface area contributed by atoms with E-state index in [4.69, 9.17) is 4.74 Å². The van der Waals surface area contributed by atoms with Crippen LogP contribution in [0.2, 0.25) is 0 Å². The van der Waals surface area contributed by atoms with E-state index in [0.29, 0.717) is 11.3 Å². The van der Waals surface area contributed by atoms with Crippen molar-refractivity contribution in [2.45, 2.75) is 0 Å². The summed E-state index contributed by atoms with van der Waals surface area (Å²) in [6.07, 6.45) is 1.76. The number of ether oxygens (including phenoxy) is 1. The van der Waals surface area contributed by atoms with Gasteiger partial charge in [-0.2, -0.15) is 0 Å². The molecule has 1 aromatic rings. The second-order valence-electron chi connectivity index (χ2n) is 3.20. The molecule has 4 nitrogen and oxygen atoms in total. The van der Waals surface area contributed by atoms with E-state index in [1.807, 2.05) is 0 Å². The first-order chi connectivity index (χ1) is 7.13. The number of hydrogen-bond acceptors (Lipinski definition) is 3. The molecule has 0 aliphatic rings. The van der Waals surface area contributed by atoms with Gasteiger partial charge < -0.3 is 9.64 Å². The molecule has 0 heterocycles. The number of benzene rings is 1. The SMILES string of the molecule is CN(C)C(=O)COc1ccc([C]=O)cc1. The predicted octanol–water partition coefficient (Wildman–Crippen LogP) is 0.611. The standard InChI is InChI=1S/C11H12NO3/c1-12(2)11(14)8-15-10-5-3-9(7-13)4-6-10/h3-6H,8H2,1-2H3. The van der Waals surface area contributed by atoms with Crippen LogP contribution in [0.15, 0.2) is 24.3 Å². The predicted molar refractivity (Wildman–Crippen MR) is 55.4 cm³/mol. The fourth-order valence-corrected chi connectivity index (χ4v) is 0.893. The van der Waals surface area contributed by atoms with E-state index in [1.54, 1.807) is 44.6 Å². The zero-order valence-electron chi connectivity index (χ0n) is 8.69. The molecule has 0 aromatic heterocycles. The van der Waals surface area contributed by atoms with E-state index in [1.165, 1.54) is 4.90 Å². The van der Waals surface area contributed by atoms with Crippen molar-refractivity contribution < 1.29 is 14.3 Å². The lowest BCUT2D eigenvalue weighted by Gasteiger charge is -2.11. The average Bonchev–Trinajstić information content (AvgIpc) is 2.26. The minimum Gasteiger partial charge on any atom is -0.484 e. The molecule has 1 aromatic carbocycles. The molecular formula is C11H12NO3. The molecule has 1 radical (unpaired) electrons. The maximum absolute atomic E-state index is 11.2. The number of carbonyl (C=O) groups is 1. The molecule has 0 aliphatic heterocycles. The van der Waals surface area contributed by atoms with Crippen LogP contribution in [-0.2, 0) is 9.59 Å². The maximum atomic E-state index is 11.2. The summed E-state index contributed by atoms with van der Waals surface area (Å²) in [6.45, 7) is -0.00283. The van der Waals surface area contributed by atoms with Gasteiger partial charge in [-0.1, -0.05) is 0 Å². The first-order valence-corrected chi connectivity index (χ1v) is 4.44. The van der Waals surface area contributed by atoms with Crippen molar-refractivity contribution in [2.24, 2.45) is 0 Å². The fourth-order valence-electron chi connectivity index (χ4n) is 0.893. The molecule has 0 aliphatic carbocycles. The summed E-state index contributed by atoms with van der Waals surface area (Å²) in [5, 5.41) is 0. The molecule has 1 amide bonds. The highest BCUT2D eigenvalue weighted by atomic mass is 16.5. The Morgan fingerprint density at radius 1 is 1.33 bits per heavy atom. The highest BCUT2D eigenvalue weighted by Gasteiger charge is 2.04. The lowest BCUT2D eigenvalue weighted by atomic mass is 10.2. The molecule has 0 fully saturated rings. The van der Waals surface area contributed by atoms with Crippen LogP contribution in [0.3, 0.4) is 0 Å². The molecule has 4 heteroatoms. The lowest BCUT2D eigenvalue weighted by Crippen LogP contribution is -2.27. The summed E-state index contributed by atoms with van der Waals surface area (Å²) >= 11 is 0. The molecular weight excluding hydrogens is 194 g/mol. The van der Waals surface area contributed by atoms with E-state index < -0.39 is 0 Å². The maximum Gasteiger partial charge on any atom is 0.259 e. The van der Waals surface area contributed by atoms with Crippen molar-refractivity contribution in [3.05, 3.63) is 29.8 Å². The first kappa shape index (κ1) is 11.2. The molecule has 0 unspecified atom stereocenters. The van der Waals surface area contributed by atoms with Crippen LogP contribution in [0.4, 0.5) is 0 Å². The van der Waals surface area contributed by atoms with E-state index in [2.05, 4.69) is 0 Å². The second-order valence-corrected chi connectivity index (χ2v) is 3.20. The van der Waals surface area contributed by atoms with Crippen LogP contribution in [0.5, 0.6) is 5.75 Å². The lowest BCUT2D eigenvalue weighted by molar-refractivity contribution is -0.130. The number of nitrogens with zero attached hydrogens (tertiary/aromatic N) is 1. The van der Waals surface area contributed by atoms with Crippen LogP contribution in [0, 0.1) is 0 Å². The summed E-state index contributed by atoms with van der Waals surface area (Å²) in [7, 11) is 3.33. The van der Waals surface area contributed by atoms with E-state index >= 15 is 0 Å². The molecule has 0 N–H and O–H groups in total. The largest absolute Gasteiger partial charge is 0.484 e. The van der Waals surface area contributed by atoms with Crippen LogP contribution in [0.25, 0.3) is 0 Å². The summed E-state index contributed by atoms with van der Waals surface area (Å²) < 4.78 is 5.21. The normalized spacial score (nSPS) is 9.47. The molecule has 0 saturated heterocycles. The Bertz CT molecular complexity index is 343. The summed E-state index contributed by atoms with van der Waals surface area (Å²) in [5.41, 5.74) is 0.460. The van der Waals surface area contributed by atoms with Crippen molar-refractivity contribution in [3.8, 4) is 5.75 Å². The Labute approximate surface area is 88.5 Å². The highest BCUT2D eigenvalue weighted by Crippen LogP contribution is 2.10. The van der Waals surface area contributed by atoms with Gasteiger partial charge in [0.15, 0.2) is 6.61 Å². The van der Waals surface area contributed by atoms with E-state index in [0.717, 1.165) is 0 Å². The zero-order chi connectivity index (χ0) is 11.3.